The summed E-state index contributed by atoms with van der Waals surface area (Å²) in [5, 5.41) is 9.89. The third-order valence-corrected chi connectivity index (χ3v) is 3.11. The monoisotopic (exact) mass is 206 g/mol. The molecule has 2 rings (SSSR count). The standard InChI is InChI=1S/C13H18O2/c1-10-4-5-12(11(2)8-10)15-9-13(14)6-3-7-13/h4-5,8,14H,3,6-7,9H2,1-2H3. The molecular formula is C13H18O2. The zero-order valence-corrected chi connectivity index (χ0v) is 9.42. The molecule has 1 fully saturated rings. The summed E-state index contributed by atoms with van der Waals surface area (Å²) in [4.78, 5) is 0. The number of aryl methyl sites for hydroxylation is 2. The molecule has 0 unspecified atom stereocenters. The molecule has 0 heterocycles. The maximum Gasteiger partial charge on any atom is 0.122 e. The first-order valence-electron chi connectivity index (χ1n) is 5.52. The molecule has 1 aliphatic carbocycles. The van der Waals surface area contributed by atoms with Gasteiger partial charge in [-0.3, -0.25) is 0 Å². The first-order valence-corrected chi connectivity index (χ1v) is 5.52. The Hall–Kier alpha value is -1.02. The van der Waals surface area contributed by atoms with Gasteiger partial charge in [0.2, 0.25) is 0 Å². The molecule has 1 aromatic carbocycles. The molecule has 82 valence electrons. The predicted octanol–water partition coefficient (Wildman–Crippen LogP) is 2.60. The fourth-order valence-corrected chi connectivity index (χ4v) is 1.90. The molecule has 2 heteroatoms. The van der Waals surface area contributed by atoms with Crippen LogP contribution in [0, 0.1) is 13.8 Å². The van der Waals surface area contributed by atoms with E-state index in [9.17, 15) is 5.11 Å². The van der Waals surface area contributed by atoms with Crippen LogP contribution in [-0.2, 0) is 0 Å². The van der Waals surface area contributed by atoms with Gasteiger partial charge in [-0.15, -0.1) is 0 Å². The minimum absolute atomic E-state index is 0.427. The van der Waals surface area contributed by atoms with Crippen LogP contribution in [0.2, 0.25) is 0 Å². The lowest BCUT2D eigenvalue weighted by atomic mass is 9.81. The van der Waals surface area contributed by atoms with Crippen molar-refractivity contribution in [2.75, 3.05) is 6.61 Å². The summed E-state index contributed by atoms with van der Waals surface area (Å²) < 4.78 is 5.65. The second-order valence-corrected chi connectivity index (χ2v) is 4.64. The highest BCUT2D eigenvalue weighted by molar-refractivity contribution is 5.35. The van der Waals surface area contributed by atoms with Crippen molar-refractivity contribution in [2.24, 2.45) is 0 Å². The summed E-state index contributed by atoms with van der Waals surface area (Å²) in [6, 6.07) is 6.11. The minimum Gasteiger partial charge on any atom is -0.490 e. The summed E-state index contributed by atoms with van der Waals surface area (Å²) in [5.74, 6) is 0.890. The average molecular weight is 206 g/mol. The second kappa shape index (κ2) is 3.86. The first kappa shape index (κ1) is 10.5. The van der Waals surface area contributed by atoms with Crippen LogP contribution in [0.1, 0.15) is 30.4 Å². The molecule has 0 atom stereocenters. The Morgan fingerprint density at radius 3 is 2.60 bits per heavy atom. The third kappa shape index (κ3) is 2.32. The van der Waals surface area contributed by atoms with Crippen LogP contribution in [0.15, 0.2) is 18.2 Å². The van der Waals surface area contributed by atoms with Gasteiger partial charge in [-0.2, -0.15) is 0 Å². The Labute approximate surface area is 90.9 Å². The van der Waals surface area contributed by atoms with E-state index >= 15 is 0 Å². The number of rotatable bonds is 3. The van der Waals surface area contributed by atoms with Crippen LogP contribution in [-0.4, -0.2) is 17.3 Å². The summed E-state index contributed by atoms with van der Waals surface area (Å²) >= 11 is 0. The number of benzene rings is 1. The molecule has 2 nitrogen and oxygen atoms in total. The van der Waals surface area contributed by atoms with Gasteiger partial charge in [-0.1, -0.05) is 17.7 Å². The smallest absolute Gasteiger partial charge is 0.122 e. The predicted molar refractivity (Wildman–Crippen MR) is 60.2 cm³/mol. The minimum atomic E-state index is -0.558. The largest absolute Gasteiger partial charge is 0.490 e. The highest BCUT2D eigenvalue weighted by Crippen LogP contribution is 2.32. The normalized spacial score (nSPS) is 18.3. The number of hydrogen-bond acceptors (Lipinski definition) is 2. The molecular weight excluding hydrogens is 188 g/mol. The summed E-state index contributed by atoms with van der Waals surface area (Å²) in [5.41, 5.74) is 1.82. The maximum atomic E-state index is 9.89. The van der Waals surface area contributed by atoms with Crippen molar-refractivity contribution < 1.29 is 9.84 Å². The topological polar surface area (TPSA) is 29.5 Å². The van der Waals surface area contributed by atoms with Gasteiger partial charge in [0.05, 0.1) is 5.60 Å². The van der Waals surface area contributed by atoms with E-state index < -0.39 is 5.60 Å². The van der Waals surface area contributed by atoms with E-state index in [1.165, 1.54) is 5.56 Å². The van der Waals surface area contributed by atoms with Gasteiger partial charge in [0.1, 0.15) is 12.4 Å². The van der Waals surface area contributed by atoms with Crippen LogP contribution >= 0.6 is 0 Å². The van der Waals surface area contributed by atoms with E-state index in [0.29, 0.717) is 6.61 Å². The van der Waals surface area contributed by atoms with E-state index in [4.69, 9.17) is 4.74 Å². The van der Waals surface area contributed by atoms with E-state index in [1.807, 2.05) is 19.1 Å². The molecule has 0 amide bonds. The fraction of sp³-hybridized carbons (Fsp3) is 0.538. The molecule has 1 N–H and O–H groups in total. The summed E-state index contributed by atoms with van der Waals surface area (Å²) in [6.45, 7) is 4.53. The molecule has 0 aromatic heterocycles. The molecule has 1 aromatic rings. The van der Waals surface area contributed by atoms with Crippen LogP contribution < -0.4 is 4.74 Å². The SMILES string of the molecule is Cc1ccc(OCC2(O)CCC2)c(C)c1. The van der Waals surface area contributed by atoms with E-state index in [2.05, 4.69) is 13.0 Å². The molecule has 1 saturated carbocycles. The maximum absolute atomic E-state index is 9.89. The lowest BCUT2D eigenvalue weighted by molar-refractivity contribution is -0.0664. The van der Waals surface area contributed by atoms with Gasteiger partial charge in [0, 0.05) is 0 Å². The molecule has 0 saturated heterocycles. The van der Waals surface area contributed by atoms with E-state index in [-0.39, 0.29) is 0 Å². The Morgan fingerprint density at radius 1 is 1.33 bits per heavy atom. The first-order chi connectivity index (χ1) is 7.09. The molecule has 0 spiro atoms. The molecule has 15 heavy (non-hydrogen) atoms. The number of aliphatic hydroxyl groups is 1. The highest BCUT2D eigenvalue weighted by Gasteiger charge is 2.35. The van der Waals surface area contributed by atoms with Crippen LogP contribution in [0.4, 0.5) is 0 Å². The number of hydrogen-bond donors (Lipinski definition) is 1. The number of ether oxygens (including phenoxy) is 1. The van der Waals surface area contributed by atoms with Crippen LogP contribution in [0.5, 0.6) is 5.75 Å². The lowest BCUT2D eigenvalue weighted by Gasteiger charge is -2.36. The van der Waals surface area contributed by atoms with Crippen LogP contribution in [0.25, 0.3) is 0 Å². The van der Waals surface area contributed by atoms with Crippen LogP contribution in [0.3, 0.4) is 0 Å². The molecule has 0 radical (unpaired) electrons. The second-order valence-electron chi connectivity index (χ2n) is 4.64. The van der Waals surface area contributed by atoms with Crippen molar-refractivity contribution in [3.05, 3.63) is 29.3 Å². The van der Waals surface area contributed by atoms with E-state index in [1.54, 1.807) is 0 Å². The Balaban J connectivity index is 1.98. The van der Waals surface area contributed by atoms with Gasteiger partial charge in [-0.25, -0.2) is 0 Å². The van der Waals surface area contributed by atoms with Crippen molar-refractivity contribution in [3.8, 4) is 5.75 Å². The lowest BCUT2D eigenvalue weighted by Crippen LogP contribution is -2.42. The van der Waals surface area contributed by atoms with Gasteiger partial charge < -0.3 is 9.84 Å². The van der Waals surface area contributed by atoms with Crippen molar-refractivity contribution in [1.82, 2.24) is 0 Å². The average Bonchev–Trinajstić information content (AvgIpc) is 2.14. The van der Waals surface area contributed by atoms with Crippen molar-refractivity contribution in [3.63, 3.8) is 0 Å². The zero-order chi connectivity index (χ0) is 10.9. The van der Waals surface area contributed by atoms with Gasteiger partial charge in [0.15, 0.2) is 0 Å². The fourth-order valence-electron chi connectivity index (χ4n) is 1.90. The molecule has 1 aliphatic rings. The zero-order valence-electron chi connectivity index (χ0n) is 9.42. The van der Waals surface area contributed by atoms with Crippen molar-refractivity contribution in [2.45, 2.75) is 38.7 Å². The summed E-state index contributed by atoms with van der Waals surface area (Å²) in [7, 11) is 0. The third-order valence-electron chi connectivity index (χ3n) is 3.11. The van der Waals surface area contributed by atoms with Gasteiger partial charge >= 0.3 is 0 Å². The van der Waals surface area contributed by atoms with Gasteiger partial charge in [0.25, 0.3) is 0 Å². The van der Waals surface area contributed by atoms with Crippen molar-refractivity contribution >= 4 is 0 Å². The van der Waals surface area contributed by atoms with E-state index in [0.717, 1.165) is 30.6 Å². The quantitative estimate of drug-likeness (QED) is 0.823. The molecule has 0 bridgehead atoms. The van der Waals surface area contributed by atoms with Crippen molar-refractivity contribution in [1.29, 1.82) is 0 Å². The summed E-state index contributed by atoms with van der Waals surface area (Å²) in [6.07, 6.45) is 2.86. The Kier molecular flexibility index (Phi) is 2.70. The Morgan fingerprint density at radius 2 is 2.07 bits per heavy atom. The molecule has 0 aliphatic heterocycles. The Bertz CT molecular complexity index is 354. The highest BCUT2D eigenvalue weighted by atomic mass is 16.5. The van der Waals surface area contributed by atoms with Gasteiger partial charge in [-0.05, 0) is 44.7 Å².